The van der Waals surface area contributed by atoms with E-state index in [9.17, 15) is 20.0 Å². The van der Waals surface area contributed by atoms with Crippen molar-refractivity contribution in [1.82, 2.24) is 10.3 Å². The van der Waals surface area contributed by atoms with Crippen LogP contribution in [0.3, 0.4) is 0 Å². The van der Waals surface area contributed by atoms with E-state index in [4.69, 9.17) is 0 Å². The fraction of sp³-hybridized carbons (Fsp3) is 0.417. The smallest absolute Gasteiger partial charge is 0.308 e. The first-order chi connectivity index (χ1) is 10.0. The third kappa shape index (κ3) is 1.97. The fourth-order valence-electron chi connectivity index (χ4n) is 2.83. The van der Waals surface area contributed by atoms with Gasteiger partial charge in [0.2, 0.25) is 5.52 Å². The number of rotatable bonds is 3. The van der Waals surface area contributed by atoms with E-state index in [-0.39, 0.29) is 22.8 Å². The number of nitrogens with zero attached hydrogens (tertiary/aromatic N) is 4. The van der Waals surface area contributed by atoms with Crippen molar-refractivity contribution in [3.63, 3.8) is 0 Å². The molecule has 2 atom stereocenters. The Morgan fingerprint density at radius 2 is 2.19 bits per heavy atom. The van der Waals surface area contributed by atoms with Gasteiger partial charge in [0.1, 0.15) is 0 Å². The Balaban J connectivity index is 2.07. The van der Waals surface area contributed by atoms with Crippen molar-refractivity contribution in [3.05, 3.63) is 22.2 Å². The molecule has 9 heteroatoms. The molecule has 1 fully saturated rings. The van der Waals surface area contributed by atoms with Crippen LogP contribution in [0.2, 0.25) is 0 Å². The maximum absolute atomic E-state index is 11.2. The summed E-state index contributed by atoms with van der Waals surface area (Å²) in [6, 6.07) is 2.66. The van der Waals surface area contributed by atoms with E-state index >= 15 is 0 Å². The van der Waals surface area contributed by atoms with Crippen molar-refractivity contribution in [2.45, 2.75) is 19.4 Å². The second-order valence-electron chi connectivity index (χ2n) is 4.99. The number of nitro groups is 1. The Labute approximate surface area is 118 Å². The molecule has 0 saturated carbocycles. The molecule has 1 aromatic carbocycles. The number of aliphatic carboxylic acids is 1. The number of hydrogen-bond acceptors (Lipinski definition) is 7. The van der Waals surface area contributed by atoms with Crippen LogP contribution in [0.15, 0.2) is 16.8 Å². The number of carboxylic acids is 1. The highest BCUT2D eigenvalue weighted by molar-refractivity contribution is 5.94. The Morgan fingerprint density at radius 1 is 1.48 bits per heavy atom. The molecular weight excluding hydrogens is 280 g/mol. The molecule has 2 unspecified atom stereocenters. The van der Waals surface area contributed by atoms with Gasteiger partial charge in [0.05, 0.1) is 16.5 Å². The quantitative estimate of drug-likeness (QED) is 0.665. The van der Waals surface area contributed by atoms with Gasteiger partial charge < -0.3 is 10.0 Å². The van der Waals surface area contributed by atoms with Crippen LogP contribution >= 0.6 is 0 Å². The maximum Gasteiger partial charge on any atom is 0.308 e. The summed E-state index contributed by atoms with van der Waals surface area (Å²) in [5, 5.41) is 27.4. The van der Waals surface area contributed by atoms with Gasteiger partial charge >= 0.3 is 11.7 Å². The van der Waals surface area contributed by atoms with Crippen LogP contribution in [0.4, 0.5) is 11.4 Å². The number of carboxylic acid groups (broad SMARTS) is 1. The van der Waals surface area contributed by atoms with Crippen LogP contribution in [0.1, 0.15) is 13.3 Å². The number of aromatic nitrogens is 2. The van der Waals surface area contributed by atoms with Gasteiger partial charge in [-0.25, -0.2) is 4.63 Å². The lowest BCUT2D eigenvalue weighted by molar-refractivity contribution is -0.383. The van der Waals surface area contributed by atoms with Gasteiger partial charge in [-0.3, -0.25) is 14.9 Å². The number of non-ortho nitro benzene ring substituents is 1. The zero-order valence-corrected chi connectivity index (χ0v) is 11.1. The zero-order chi connectivity index (χ0) is 15.1. The minimum atomic E-state index is -0.846. The highest BCUT2D eigenvalue weighted by Crippen LogP contribution is 2.36. The maximum atomic E-state index is 11.2. The lowest BCUT2D eigenvalue weighted by Crippen LogP contribution is -2.33. The molecule has 0 amide bonds. The topological polar surface area (TPSA) is 123 Å². The molecule has 1 aliphatic heterocycles. The average Bonchev–Trinajstić information content (AvgIpc) is 3.03. The highest BCUT2D eigenvalue weighted by Gasteiger charge is 2.37. The van der Waals surface area contributed by atoms with E-state index in [0.717, 1.165) is 0 Å². The van der Waals surface area contributed by atoms with Crippen LogP contribution in [-0.4, -0.2) is 38.9 Å². The number of benzene rings is 1. The summed E-state index contributed by atoms with van der Waals surface area (Å²) >= 11 is 0. The molecule has 3 rings (SSSR count). The molecule has 1 N–H and O–H groups in total. The number of anilines is 1. The predicted octanol–water partition coefficient (Wildman–Crippen LogP) is 1.43. The van der Waals surface area contributed by atoms with E-state index in [2.05, 4.69) is 14.9 Å². The van der Waals surface area contributed by atoms with Crippen LogP contribution in [0, 0.1) is 16.0 Å². The van der Waals surface area contributed by atoms with Gasteiger partial charge in [-0.05, 0) is 29.7 Å². The average molecular weight is 292 g/mol. The fourth-order valence-corrected chi connectivity index (χ4v) is 2.83. The first-order valence-electron chi connectivity index (χ1n) is 6.40. The van der Waals surface area contributed by atoms with Crippen LogP contribution in [-0.2, 0) is 4.79 Å². The second-order valence-corrected chi connectivity index (χ2v) is 4.99. The molecule has 0 radical (unpaired) electrons. The number of hydrogen-bond donors (Lipinski definition) is 1. The molecule has 2 aromatic rings. The molecule has 1 saturated heterocycles. The predicted molar refractivity (Wildman–Crippen MR) is 71.0 cm³/mol. The molecule has 21 heavy (non-hydrogen) atoms. The summed E-state index contributed by atoms with van der Waals surface area (Å²) in [6.45, 7) is 2.35. The molecule has 0 bridgehead atoms. The van der Waals surface area contributed by atoms with E-state index in [1.165, 1.54) is 6.07 Å². The Hall–Kier alpha value is -2.71. The zero-order valence-electron chi connectivity index (χ0n) is 11.1. The van der Waals surface area contributed by atoms with Gasteiger partial charge in [0, 0.05) is 18.7 Å². The standard InChI is InChI=1S/C12H12N4O5/c1-6-7(12(17)18)4-5-15(6)8-2-3-9(16(19)20)11-10(8)13-21-14-11/h2-3,6-7H,4-5H2,1H3,(H,17,18). The van der Waals surface area contributed by atoms with E-state index < -0.39 is 16.8 Å². The van der Waals surface area contributed by atoms with Gasteiger partial charge in [-0.15, -0.1) is 0 Å². The largest absolute Gasteiger partial charge is 0.481 e. The van der Waals surface area contributed by atoms with Crippen molar-refractivity contribution in [1.29, 1.82) is 0 Å². The van der Waals surface area contributed by atoms with Crippen molar-refractivity contribution in [2.24, 2.45) is 5.92 Å². The highest BCUT2D eigenvalue weighted by atomic mass is 16.6. The first kappa shape index (κ1) is 13.3. The summed E-state index contributed by atoms with van der Waals surface area (Å²) in [4.78, 5) is 23.5. The second kappa shape index (κ2) is 4.69. The molecular formula is C12H12N4O5. The Bertz CT molecular complexity index is 728. The van der Waals surface area contributed by atoms with Crippen LogP contribution in [0.5, 0.6) is 0 Å². The van der Waals surface area contributed by atoms with E-state index in [0.29, 0.717) is 18.7 Å². The molecule has 2 heterocycles. The summed E-state index contributed by atoms with van der Waals surface area (Å²) in [6.07, 6.45) is 0.514. The molecule has 110 valence electrons. The minimum absolute atomic E-state index is 0.0727. The normalized spacial score (nSPS) is 21.9. The molecule has 0 aliphatic carbocycles. The third-order valence-corrected chi connectivity index (χ3v) is 3.95. The molecule has 0 spiro atoms. The third-order valence-electron chi connectivity index (χ3n) is 3.95. The van der Waals surface area contributed by atoms with Gasteiger partial charge in [0.15, 0.2) is 5.52 Å². The van der Waals surface area contributed by atoms with Gasteiger partial charge in [-0.2, -0.15) is 0 Å². The monoisotopic (exact) mass is 292 g/mol. The van der Waals surface area contributed by atoms with Crippen molar-refractivity contribution in [2.75, 3.05) is 11.4 Å². The number of fused-ring (bicyclic) bond motifs is 1. The Kier molecular flexibility index (Phi) is 2.96. The minimum Gasteiger partial charge on any atom is -0.481 e. The van der Waals surface area contributed by atoms with Crippen molar-refractivity contribution < 1.29 is 19.5 Å². The Morgan fingerprint density at radius 3 is 2.81 bits per heavy atom. The molecule has 9 nitrogen and oxygen atoms in total. The van der Waals surface area contributed by atoms with Crippen LogP contribution < -0.4 is 4.90 Å². The van der Waals surface area contributed by atoms with Crippen molar-refractivity contribution in [3.8, 4) is 0 Å². The summed E-state index contributed by atoms with van der Waals surface area (Å²) in [7, 11) is 0. The summed E-state index contributed by atoms with van der Waals surface area (Å²) in [5.41, 5.74) is 0.773. The van der Waals surface area contributed by atoms with Crippen LogP contribution in [0.25, 0.3) is 11.0 Å². The lowest BCUT2D eigenvalue weighted by atomic mass is 10.0. The van der Waals surface area contributed by atoms with E-state index in [1.54, 1.807) is 6.07 Å². The lowest BCUT2D eigenvalue weighted by Gasteiger charge is -2.25. The van der Waals surface area contributed by atoms with Gasteiger partial charge in [-0.1, -0.05) is 0 Å². The number of nitro benzene ring substituents is 1. The van der Waals surface area contributed by atoms with Crippen molar-refractivity contribution >= 4 is 28.4 Å². The molecule has 1 aromatic heterocycles. The van der Waals surface area contributed by atoms with E-state index in [1.807, 2.05) is 11.8 Å². The first-order valence-corrected chi connectivity index (χ1v) is 6.40. The summed E-state index contributed by atoms with van der Waals surface area (Å²) in [5.74, 6) is -1.32. The molecule has 1 aliphatic rings. The SMILES string of the molecule is CC1C(C(=O)O)CCN1c1ccc([N+](=O)[O-])c2nonc12. The number of carbonyl (C=O) groups is 1. The van der Waals surface area contributed by atoms with Gasteiger partial charge in [0.25, 0.3) is 0 Å². The summed E-state index contributed by atoms with van der Waals surface area (Å²) < 4.78 is 4.62.